The quantitative estimate of drug-likeness (QED) is 0.579. The smallest absolute Gasteiger partial charge is 0.233 e. The summed E-state index contributed by atoms with van der Waals surface area (Å²) in [7, 11) is 0. The highest BCUT2D eigenvalue weighted by Gasteiger charge is 2.19. The van der Waals surface area contributed by atoms with E-state index in [4.69, 9.17) is 0 Å². The lowest BCUT2D eigenvalue weighted by Gasteiger charge is -2.26. The maximum atomic E-state index is 12.8. The van der Waals surface area contributed by atoms with Crippen LogP contribution in [0, 0.1) is 6.92 Å². The minimum atomic E-state index is 0.0955. The molecule has 3 rings (SSSR count). The van der Waals surface area contributed by atoms with E-state index in [0.717, 1.165) is 22.0 Å². The fourth-order valence-corrected chi connectivity index (χ4v) is 3.68. The standard InChI is InChI=1S/C21H24N4OS/c1-16(2)24(13-18-10-5-4-6-11-18)20(26)14-27-21-23-22-15-25(21)19-12-8-7-9-17(19)3/h4-12,15-16H,13-14H2,1-3H3. The first-order chi connectivity index (χ1) is 13.1. The second kappa shape index (κ2) is 8.86. The van der Waals surface area contributed by atoms with Crippen molar-refractivity contribution < 1.29 is 4.79 Å². The minimum Gasteiger partial charge on any atom is -0.335 e. The van der Waals surface area contributed by atoms with Crippen LogP contribution in [0.5, 0.6) is 0 Å². The predicted molar refractivity (Wildman–Crippen MR) is 109 cm³/mol. The summed E-state index contributed by atoms with van der Waals surface area (Å²) in [6.45, 7) is 6.75. The summed E-state index contributed by atoms with van der Waals surface area (Å²) in [5.74, 6) is 0.424. The molecule has 0 aliphatic heterocycles. The van der Waals surface area contributed by atoms with Crippen LogP contribution in [-0.2, 0) is 11.3 Å². The van der Waals surface area contributed by atoms with Crippen molar-refractivity contribution in [2.75, 3.05) is 5.75 Å². The molecule has 3 aromatic rings. The zero-order valence-corrected chi connectivity index (χ0v) is 16.7. The van der Waals surface area contributed by atoms with Crippen molar-refractivity contribution in [3.05, 3.63) is 72.1 Å². The number of carbonyl (C=O) groups is 1. The first-order valence-corrected chi connectivity index (χ1v) is 9.97. The van der Waals surface area contributed by atoms with Gasteiger partial charge in [-0.05, 0) is 38.0 Å². The fraction of sp³-hybridized carbons (Fsp3) is 0.286. The number of aromatic nitrogens is 3. The van der Waals surface area contributed by atoms with Gasteiger partial charge in [0.05, 0.1) is 11.4 Å². The third-order valence-electron chi connectivity index (χ3n) is 4.36. The lowest BCUT2D eigenvalue weighted by molar-refractivity contribution is -0.130. The zero-order valence-electron chi connectivity index (χ0n) is 15.9. The average molecular weight is 381 g/mol. The van der Waals surface area contributed by atoms with Crippen molar-refractivity contribution in [1.82, 2.24) is 19.7 Å². The van der Waals surface area contributed by atoms with Crippen LogP contribution in [0.25, 0.3) is 5.69 Å². The van der Waals surface area contributed by atoms with Gasteiger partial charge in [-0.2, -0.15) is 0 Å². The van der Waals surface area contributed by atoms with Crippen molar-refractivity contribution >= 4 is 17.7 Å². The molecule has 0 saturated heterocycles. The summed E-state index contributed by atoms with van der Waals surface area (Å²) >= 11 is 1.42. The van der Waals surface area contributed by atoms with Gasteiger partial charge in [-0.1, -0.05) is 60.3 Å². The number of hydrogen-bond donors (Lipinski definition) is 0. The Labute approximate surface area is 164 Å². The van der Waals surface area contributed by atoms with Crippen molar-refractivity contribution in [3.63, 3.8) is 0 Å². The molecule has 1 aromatic heterocycles. The molecule has 0 fully saturated rings. The first kappa shape index (κ1) is 19.2. The van der Waals surface area contributed by atoms with E-state index in [9.17, 15) is 4.79 Å². The molecule has 0 unspecified atom stereocenters. The van der Waals surface area contributed by atoms with E-state index in [1.54, 1.807) is 6.33 Å². The second-order valence-electron chi connectivity index (χ2n) is 6.66. The Morgan fingerprint density at radius 2 is 1.81 bits per heavy atom. The Morgan fingerprint density at radius 3 is 2.52 bits per heavy atom. The number of carbonyl (C=O) groups excluding carboxylic acids is 1. The number of para-hydroxylation sites is 1. The van der Waals surface area contributed by atoms with Gasteiger partial charge in [0, 0.05) is 12.6 Å². The summed E-state index contributed by atoms with van der Waals surface area (Å²) in [5, 5.41) is 8.95. The Kier molecular flexibility index (Phi) is 6.29. The SMILES string of the molecule is Cc1ccccc1-n1cnnc1SCC(=O)N(Cc1ccccc1)C(C)C. The molecule has 27 heavy (non-hydrogen) atoms. The van der Waals surface area contributed by atoms with E-state index in [-0.39, 0.29) is 11.9 Å². The highest BCUT2D eigenvalue weighted by molar-refractivity contribution is 7.99. The van der Waals surface area contributed by atoms with Crippen LogP contribution in [0.3, 0.4) is 0 Å². The molecule has 0 aliphatic carbocycles. The van der Waals surface area contributed by atoms with Crippen LogP contribution >= 0.6 is 11.8 Å². The molecule has 0 bridgehead atoms. The van der Waals surface area contributed by atoms with Gasteiger partial charge in [0.15, 0.2) is 5.16 Å². The van der Waals surface area contributed by atoms with Crippen LogP contribution in [0.15, 0.2) is 66.1 Å². The molecule has 1 heterocycles. The molecule has 2 aromatic carbocycles. The normalized spacial score (nSPS) is 11.0. The molecule has 0 spiro atoms. The summed E-state index contributed by atoms with van der Waals surface area (Å²) < 4.78 is 1.93. The molecular weight excluding hydrogens is 356 g/mol. The van der Waals surface area contributed by atoms with Crippen LogP contribution in [0.4, 0.5) is 0 Å². The summed E-state index contributed by atoms with van der Waals surface area (Å²) in [5.41, 5.74) is 3.30. The monoisotopic (exact) mass is 380 g/mol. The largest absolute Gasteiger partial charge is 0.335 e. The summed E-state index contributed by atoms with van der Waals surface area (Å²) in [6, 6.07) is 18.3. The second-order valence-corrected chi connectivity index (χ2v) is 7.60. The van der Waals surface area contributed by atoms with E-state index < -0.39 is 0 Å². The van der Waals surface area contributed by atoms with Gasteiger partial charge in [0.2, 0.25) is 5.91 Å². The van der Waals surface area contributed by atoms with Crippen LogP contribution < -0.4 is 0 Å². The van der Waals surface area contributed by atoms with E-state index in [1.807, 2.05) is 71.8 Å². The molecule has 0 N–H and O–H groups in total. The topological polar surface area (TPSA) is 51.0 Å². The Hall–Kier alpha value is -2.60. The number of hydrogen-bond acceptors (Lipinski definition) is 4. The zero-order chi connectivity index (χ0) is 19.2. The highest BCUT2D eigenvalue weighted by Crippen LogP contribution is 2.22. The maximum Gasteiger partial charge on any atom is 0.233 e. The third-order valence-corrected chi connectivity index (χ3v) is 5.28. The van der Waals surface area contributed by atoms with Gasteiger partial charge in [-0.3, -0.25) is 9.36 Å². The van der Waals surface area contributed by atoms with Crippen molar-refractivity contribution in [3.8, 4) is 5.69 Å². The molecule has 0 saturated carbocycles. The molecule has 6 heteroatoms. The molecule has 140 valence electrons. The molecule has 0 radical (unpaired) electrons. The van der Waals surface area contributed by atoms with Gasteiger partial charge in [-0.25, -0.2) is 0 Å². The van der Waals surface area contributed by atoms with Crippen molar-refractivity contribution in [2.45, 2.75) is 38.5 Å². The van der Waals surface area contributed by atoms with Gasteiger partial charge in [-0.15, -0.1) is 10.2 Å². The number of thioether (sulfide) groups is 1. The number of amides is 1. The number of rotatable bonds is 7. The highest BCUT2D eigenvalue weighted by atomic mass is 32.2. The number of aryl methyl sites for hydroxylation is 1. The van der Waals surface area contributed by atoms with Gasteiger partial charge in [0.25, 0.3) is 0 Å². The predicted octanol–water partition coefficient (Wildman–Crippen LogP) is 4.11. The summed E-state index contributed by atoms with van der Waals surface area (Å²) in [4.78, 5) is 14.7. The minimum absolute atomic E-state index is 0.0955. The molecule has 0 atom stereocenters. The Balaban J connectivity index is 1.70. The number of nitrogens with zero attached hydrogens (tertiary/aromatic N) is 4. The van der Waals surface area contributed by atoms with Gasteiger partial charge in [0.1, 0.15) is 6.33 Å². The molecule has 5 nitrogen and oxygen atoms in total. The Bertz CT molecular complexity index is 892. The molecule has 0 aliphatic rings. The van der Waals surface area contributed by atoms with E-state index in [0.29, 0.717) is 12.3 Å². The summed E-state index contributed by atoms with van der Waals surface area (Å²) in [6.07, 6.45) is 1.69. The van der Waals surface area contributed by atoms with Crippen LogP contribution in [-0.4, -0.2) is 37.4 Å². The molecule has 1 amide bonds. The van der Waals surface area contributed by atoms with Crippen LogP contribution in [0.2, 0.25) is 0 Å². The van der Waals surface area contributed by atoms with Gasteiger partial charge >= 0.3 is 0 Å². The lowest BCUT2D eigenvalue weighted by atomic mass is 10.2. The first-order valence-electron chi connectivity index (χ1n) is 8.98. The van der Waals surface area contributed by atoms with E-state index >= 15 is 0 Å². The fourth-order valence-electron chi connectivity index (χ4n) is 2.87. The lowest BCUT2D eigenvalue weighted by Crippen LogP contribution is -2.37. The van der Waals surface area contributed by atoms with Crippen molar-refractivity contribution in [1.29, 1.82) is 0 Å². The Morgan fingerprint density at radius 1 is 1.11 bits per heavy atom. The van der Waals surface area contributed by atoms with E-state index in [2.05, 4.69) is 23.2 Å². The van der Waals surface area contributed by atoms with Crippen molar-refractivity contribution in [2.24, 2.45) is 0 Å². The van der Waals surface area contributed by atoms with Crippen LogP contribution in [0.1, 0.15) is 25.0 Å². The third kappa shape index (κ3) is 4.77. The maximum absolute atomic E-state index is 12.8. The molecular formula is C21H24N4OS. The van der Waals surface area contributed by atoms with Gasteiger partial charge < -0.3 is 4.90 Å². The number of benzene rings is 2. The van der Waals surface area contributed by atoms with E-state index in [1.165, 1.54) is 11.8 Å². The average Bonchev–Trinajstić information content (AvgIpc) is 3.13.